The summed E-state index contributed by atoms with van der Waals surface area (Å²) in [5.74, 6) is 0. The van der Waals surface area contributed by atoms with E-state index in [0.29, 0.717) is 6.42 Å². The molecule has 1 aromatic carbocycles. The van der Waals surface area contributed by atoms with Crippen molar-refractivity contribution in [3.05, 3.63) is 57.3 Å². The molecule has 1 aromatic heterocycles. The molecule has 0 saturated heterocycles. The first-order valence-corrected chi connectivity index (χ1v) is 6.71. The first-order valence-electron chi connectivity index (χ1n) is 5.83. The van der Waals surface area contributed by atoms with Crippen LogP contribution in [-0.4, -0.2) is 0 Å². The monoisotopic (exact) mass is 285 g/mol. The van der Waals surface area contributed by atoms with Crippen LogP contribution in [0, 0.1) is 6.92 Å². The van der Waals surface area contributed by atoms with Crippen LogP contribution in [0.5, 0.6) is 0 Å². The molecule has 0 aliphatic heterocycles. The number of hydrogen-bond acceptors (Lipinski definition) is 2. The van der Waals surface area contributed by atoms with Crippen LogP contribution in [0.2, 0.25) is 0 Å². The van der Waals surface area contributed by atoms with Crippen molar-refractivity contribution < 1.29 is 13.2 Å². The highest BCUT2D eigenvalue weighted by molar-refractivity contribution is 7.10. The third-order valence-corrected chi connectivity index (χ3v) is 3.80. The highest BCUT2D eigenvalue weighted by Crippen LogP contribution is 2.29. The molecule has 0 radical (unpaired) electrons. The molecule has 19 heavy (non-hydrogen) atoms. The summed E-state index contributed by atoms with van der Waals surface area (Å²) >= 11 is 1.62. The lowest BCUT2D eigenvalue weighted by molar-refractivity contribution is -0.137. The van der Waals surface area contributed by atoms with Gasteiger partial charge in [-0.05, 0) is 48.1 Å². The minimum atomic E-state index is -4.29. The van der Waals surface area contributed by atoms with Crippen molar-refractivity contribution >= 4 is 11.3 Å². The molecule has 0 amide bonds. The zero-order chi connectivity index (χ0) is 14.0. The van der Waals surface area contributed by atoms with E-state index in [-0.39, 0.29) is 6.04 Å². The maximum absolute atomic E-state index is 12.4. The van der Waals surface area contributed by atoms with Gasteiger partial charge in [-0.3, -0.25) is 0 Å². The molecule has 0 spiro atoms. The van der Waals surface area contributed by atoms with E-state index in [1.54, 1.807) is 11.3 Å². The first-order chi connectivity index (χ1) is 8.86. The van der Waals surface area contributed by atoms with E-state index in [0.717, 1.165) is 23.3 Å². The van der Waals surface area contributed by atoms with E-state index in [4.69, 9.17) is 5.73 Å². The van der Waals surface area contributed by atoms with Gasteiger partial charge in [0.05, 0.1) is 5.56 Å². The molecule has 0 bridgehead atoms. The summed E-state index contributed by atoms with van der Waals surface area (Å²) in [6, 6.07) is 7.01. The van der Waals surface area contributed by atoms with Crippen molar-refractivity contribution in [3.63, 3.8) is 0 Å². The number of alkyl halides is 3. The van der Waals surface area contributed by atoms with Crippen molar-refractivity contribution in [3.8, 4) is 0 Å². The first kappa shape index (κ1) is 14.1. The van der Waals surface area contributed by atoms with E-state index >= 15 is 0 Å². The quantitative estimate of drug-likeness (QED) is 0.893. The van der Waals surface area contributed by atoms with E-state index in [1.165, 1.54) is 17.0 Å². The van der Waals surface area contributed by atoms with Crippen LogP contribution in [0.15, 0.2) is 35.7 Å². The fourth-order valence-electron chi connectivity index (χ4n) is 1.86. The van der Waals surface area contributed by atoms with Gasteiger partial charge in [-0.25, -0.2) is 0 Å². The second kappa shape index (κ2) is 5.35. The van der Waals surface area contributed by atoms with Gasteiger partial charge in [0, 0.05) is 10.9 Å². The van der Waals surface area contributed by atoms with Gasteiger partial charge in [0.1, 0.15) is 0 Å². The molecular weight excluding hydrogens is 271 g/mol. The van der Waals surface area contributed by atoms with Crippen molar-refractivity contribution in [2.75, 3.05) is 0 Å². The van der Waals surface area contributed by atoms with E-state index in [1.807, 2.05) is 18.4 Å². The topological polar surface area (TPSA) is 26.0 Å². The molecule has 1 heterocycles. The SMILES string of the molecule is Cc1cc(C(N)Cc2ccc(C(F)(F)F)cc2)cs1. The summed E-state index contributed by atoms with van der Waals surface area (Å²) in [7, 11) is 0. The smallest absolute Gasteiger partial charge is 0.324 e. The van der Waals surface area contributed by atoms with Crippen LogP contribution in [0.25, 0.3) is 0 Å². The van der Waals surface area contributed by atoms with Crippen LogP contribution in [0.3, 0.4) is 0 Å². The predicted octanol–water partition coefficient (Wildman–Crippen LogP) is 4.32. The van der Waals surface area contributed by atoms with Crippen LogP contribution in [-0.2, 0) is 12.6 Å². The Labute approximate surface area is 113 Å². The Morgan fingerprint density at radius 3 is 2.32 bits per heavy atom. The minimum absolute atomic E-state index is 0.179. The minimum Gasteiger partial charge on any atom is -0.324 e. The molecule has 0 aliphatic carbocycles. The molecule has 1 nitrogen and oxygen atoms in total. The Bertz CT molecular complexity index is 543. The number of rotatable bonds is 3. The molecule has 2 N–H and O–H groups in total. The summed E-state index contributed by atoms with van der Waals surface area (Å²) in [5.41, 5.74) is 7.26. The van der Waals surface area contributed by atoms with Gasteiger partial charge in [0.15, 0.2) is 0 Å². The molecule has 2 rings (SSSR count). The van der Waals surface area contributed by atoms with E-state index < -0.39 is 11.7 Å². The zero-order valence-corrected chi connectivity index (χ0v) is 11.2. The van der Waals surface area contributed by atoms with Crippen molar-refractivity contribution in [1.29, 1.82) is 0 Å². The zero-order valence-electron chi connectivity index (χ0n) is 10.4. The van der Waals surface area contributed by atoms with Crippen molar-refractivity contribution in [1.82, 2.24) is 0 Å². The van der Waals surface area contributed by atoms with Crippen LogP contribution < -0.4 is 5.73 Å². The van der Waals surface area contributed by atoms with Crippen molar-refractivity contribution in [2.24, 2.45) is 5.73 Å². The molecule has 1 unspecified atom stereocenters. The molecule has 0 fully saturated rings. The number of aryl methyl sites for hydroxylation is 1. The Kier molecular flexibility index (Phi) is 3.96. The number of thiophene rings is 1. The number of hydrogen-bond donors (Lipinski definition) is 1. The fourth-order valence-corrected chi connectivity index (χ4v) is 2.63. The average molecular weight is 285 g/mol. The second-order valence-corrected chi connectivity index (χ2v) is 5.61. The molecule has 1 atom stereocenters. The normalized spacial score (nSPS) is 13.5. The molecular formula is C14H14F3NS. The van der Waals surface area contributed by atoms with Gasteiger partial charge < -0.3 is 5.73 Å². The number of nitrogens with two attached hydrogens (primary N) is 1. The second-order valence-electron chi connectivity index (χ2n) is 4.50. The molecule has 0 aliphatic rings. The third-order valence-electron chi connectivity index (χ3n) is 2.92. The summed E-state index contributed by atoms with van der Waals surface area (Å²) in [6.07, 6.45) is -3.75. The van der Waals surface area contributed by atoms with Gasteiger partial charge in [-0.15, -0.1) is 11.3 Å². The summed E-state index contributed by atoms with van der Waals surface area (Å²) in [4.78, 5) is 1.18. The number of halogens is 3. The lowest BCUT2D eigenvalue weighted by atomic mass is 10.0. The maximum Gasteiger partial charge on any atom is 0.416 e. The third kappa shape index (κ3) is 3.58. The standard InChI is InChI=1S/C14H14F3NS/c1-9-6-11(8-19-9)13(18)7-10-2-4-12(5-3-10)14(15,16)17/h2-6,8,13H,7,18H2,1H3. The van der Waals surface area contributed by atoms with Gasteiger partial charge in [-0.1, -0.05) is 12.1 Å². The maximum atomic E-state index is 12.4. The summed E-state index contributed by atoms with van der Waals surface area (Å²) < 4.78 is 37.3. The van der Waals surface area contributed by atoms with Gasteiger partial charge in [0.2, 0.25) is 0 Å². The van der Waals surface area contributed by atoms with Crippen LogP contribution in [0.4, 0.5) is 13.2 Å². The highest BCUT2D eigenvalue weighted by Gasteiger charge is 2.29. The van der Waals surface area contributed by atoms with Gasteiger partial charge in [0.25, 0.3) is 0 Å². The lowest BCUT2D eigenvalue weighted by Gasteiger charge is -2.11. The Balaban J connectivity index is 2.07. The predicted molar refractivity (Wildman–Crippen MR) is 71.1 cm³/mol. The molecule has 102 valence electrons. The Morgan fingerprint density at radius 1 is 1.21 bits per heavy atom. The largest absolute Gasteiger partial charge is 0.416 e. The lowest BCUT2D eigenvalue weighted by Crippen LogP contribution is -2.12. The summed E-state index contributed by atoms with van der Waals surface area (Å²) in [6.45, 7) is 2.00. The van der Waals surface area contributed by atoms with Crippen LogP contribution in [0.1, 0.15) is 27.6 Å². The molecule has 0 saturated carbocycles. The molecule has 5 heteroatoms. The summed E-state index contributed by atoms with van der Waals surface area (Å²) in [5, 5.41) is 1.99. The van der Waals surface area contributed by atoms with Gasteiger partial charge >= 0.3 is 6.18 Å². The molecule has 2 aromatic rings. The van der Waals surface area contributed by atoms with Gasteiger partial charge in [-0.2, -0.15) is 13.2 Å². The number of benzene rings is 1. The Hall–Kier alpha value is -1.33. The average Bonchev–Trinajstić information content (AvgIpc) is 2.75. The highest BCUT2D eigenvalue weighted by atomic mass is 32.1. The Morgan fingerprint density at radius 2 is 1.84 bits per heavy atom. The van der Waals surface area contributed by atoms with E-state index in [2.05, 4.69) is 0 Å². The fraction of sp³-hybridized carbons (Fsp3) is 0.286. The van der Waals surface area contributed by atoms with E-state index in [9.17, 15) is 13.2 Å². The van der Waals surface area contributed by atoms with Crippen molar-refractivity contribution in [2.45, 2.75) is 25.6 Å². The van der Waals surface area contributed by atoms with Crippen LogP contribution >= 0.6 is 11.3 Å².